The van der Waals surface area contributed by atoms with Crippen molar-refractivity contribution in [2.45, 2.75) is 32.4 Å². The predicted octanol–water partition coefficient (Wildman–Crippen LogP) is 1.47. The molecule has 20 heavy (non-hydrogen) atoms. The maximum Gasteiger partial charge on any atom is 0.207 e. The first-order valence-electron chi connectivity index (χ1n) is 7.19. The summed E-state index contributed by atoms with van der Waals surface area (Å²) in [6, 6.07) is 4.12. The molecule has 0 radical (unpaired) electrons. The smallest absolute Gasteiger partial charge is 0.207 e. The van der Waals surface area contributed by atoms with Gasteiger partial charge in [0.2, 0.25) is 6.41 Å². The molecule has 0 spiro atoms. The van der Waals surface area contributed by atoms with Crippen molar-refractivity contribution in [3.05, 3.63) is 35.8 Å². The van der Waals surface area contributed by atoms with E-state index in [-0.39, 0.29) is 0 Å². The van der Waals surface area contributed by atoms with Crippen molar-refractivity contribution in [3.63, 3.8) is 0 Å². The quantitative estimate of drug-likeness (QED) is 0.750. The van der Waals surface area contributed by atoms with E-state index < -0.39 is 0 Å². The lowest BCUT2D eigenvalue weighted by Gasteiger charge is -2.25. The molecular formula is C15H20N4O. The van der Waals surface area contributed by atoms with E-state index >= 15 is 0 Å². The summed E-state index contributed by atoms with van der Waals surface area (Å²) in [6.07, 6.45) is 8.90. The van der Waals surface area contributed by atoms with Crippen LogP contribution in [0.25, 0.3) is 5.65 Å². The van der Waals surface area contributed by atoms with Crippen LogP contribution in [0.2, 0.25) is 0 Å². The monoisotopic (exact) mass is 272 g/mol. The van der Waals surface area contributed by atoms with Gasteiger partial charge in [-0.15, -0.1) is 0 Å². The Bertz CT molecular complexity index is 589. The van der Waals surface area contributed by atoms with Crippen LogP contribution in [0.4, 0.5) is 0 Å². The minimum absolute atomic E-state index is 0.473. The van der Waals surface area contributed by atoms with Gasteiger partial charge in [0.25, 0.3) is 0 Å². The molecule has 5 heteroatoms. The Morgan fingerprint density at radius 1 is 1.30 bits per heavy atom. The van der Waals surface area contributed by atoms with E-state index in [2.05, 4.69) is 27.9 Å². The highest BCUT2D eigenvalue weighted by atomic mass is 16.1. The number of nitrogens with one attached hydrogen (secondary N) is 2. The van der Waals surface area contributed by atoms with Crippen LogP contribution in [0, 0.1) is 5.92 Å². The number of rotatable bonds is 7. The number of amides is 1. The third kappa shape index (κ3) is 2.99. The second-order valence-electron chi connectivity index (χ2n) is 5.46. The number of imidazole rings is 1. The zero-order valence-electron chi connectivity index (χ0n) is 11.5. The third-order valence-electron chi connectivity index (χ3n) is 3.92. The molecule has 0 aliphatic heterocycles. The highest BCUT2D eigenvalue weighted by Gasteiger charge is 2.16. The molecule has 2 heterocycles. The molecule has 1 aliphatic carbocycles. The van der Waals surface area contributed by atoms with Gasteiger partial charge >= 0.3 is 0 Å². The number of pyridine rings is 1. The van der Waals surface area contributed by atoms with Crippen molar-refractivity contribution in [1.82, 2.24) is 20.0 Å². The summed E-state index contributed by atoms with van der Waals surface area (Å²) in [5.74, 6) is 0.882. The molecule has 106 valence electrons. The molecule has 1 fully saturated rings. The molecule has 0 unspecified atom stereocenters. The van der Waals surface area contributed by atoms with E-state index in [1.807, 2.05) is 16.7 Å². The molecule has 3 rings (SSSR count). The summed E-state index contributed by atoms with van der Waals surface area (Å²) < 4.78 is 2.02. The van der Waals surface area contributed by atoms with E-state index in [9.17, 15) is 4.79 Å². The van der Waals surface area contributed by atoms with Gasteiger partial charge in [0.05, 0.1) is 12.2 Å². The first kappa shape index (κ1) is 13.1. The Morgan fingerprint density at radius 2 is 2.20 bits per heavy atom. The van der Waals surface area contributed by atoms with Crippen LogP contribution in [0.3, 0.4) is 0 Å². The Labute approximate surface area is 118 Å². The van der Waals surface area contributed by atoms with E-state index in [0.29, 0.717) is 13.0 Å². The van der Waals surface area contributed by atoms with Gasteiger partial charge in [-0.2, -0.15) is 0 Å². The Hall–Kier alpha value is -1.88. The lowest BCUT2D eigenvalue weighted by molar-refractivity contribution is -0.109. The Morgan fingerprint density at radius 3 is 2.95 bits per heavy atom. The van der Waals surface area contributed by atoms with Crippen molar-refractivity contribution >= 4 is 12.1 Å². The molecule has 0 atom stereocenters. The van der Waals surface area contributed by atoms with Crippen molar-refractivity contribution in [2.24, 2.45) is 5.92 Å². The molecule has 2 aromatic heterocycles. The third-order valence-corrected chi connectivity index (χ3v) is 3.92. The molecule has 2 N–H and O–H groups in total. The van der Waals surface area contributed by atoms with Crippen LogP contribution in [0.5, 0.6) is 0 Å². The van der Waals surface area contributed by atoms with E-state index in [0.717, 1.165) is 30.3 Å². The minimum Gasteiger partial charge on any atom is -0.353 e. The first-order chi connectivity index (χ1) is 9.85. The maximum atomic E-state index is 10.3. The fourth-order valence-corrected chi connectivity index (χ4v) is 2.54. The topological polar surface area (TPSA) is 58.4 Å². The SMILES string of the molecule is O=CNCc1cn2cc(CNCC3CCC3)ccc2n1. The van der Waals surface area contributed by atoms with E-state index in [1.54, 1.807) is 0 Å². The highest BCUT2D eigenvalue weighted by molar-refractivity contribution is 5.47. The van der Waals surface area contributed by atoms with Crippen LogP contribution in [0.15, 0.2) is 24.5 Å². The molecule has 5 nitrogen and oxygen atoms in total. The number of aromatic nitrogens is 2. The molecule has 0 saturated heterocycles. The zero-order valence-corrected chi connectivity index (χ0v) is 11.5. The fraction of sp³-hybridized carbons (Fsp3) is 0.467. The molecule has 2 aromatic rings. The summed E-state index contributed by atoms with van der Waals surface area (Å²) >= 11 is 0. The number of carbonyl (C=O) groups is 1. The van der Waals surface area contributed by atoms with Gasteiger partial charge in [-0.3, -0.25) is 4.79 Å². The van der Waals surface area contributed by atoms with Crippen molar-refractivity contribution in [1.29, 1.82) is 0 Å². The van der Waals surface area contributed by atoms with Gasteiger partial charge in [0.15, 0.2) is 0 Å². The van der Waals surface area contributed by atoms with Crippen molar-refractivity contribution < 1.29 is 4.79 Å². The predicted molar refractivity (Wildman–Crippen MR) is 77.1 cm³/mol. The average molecular weight is 272 g/mol. The van der Waals surface area contributed by atoms with Gasteiger partial charge in [-0.25, -0.2) is 4.98 Å². The van der Waals surface area contributed by atoms with Crippen LogP contribution >= 0.6 is 0 Å². The standard InChI is InChI=1S/C15H20N4O/c20-11-17-8-14-10-19-9-13(4-5-15(19)18-14)7-16-6-12-2-1-3-12/h4-5,9-12,16H,1-3,6-8H2,(H,17,20). The lowest BCUT2D eigenvalue weighted by atomic mass is 9.85. The van der Waals surface area contributed by atoms with Gasteiger partial charge in [0, 0.05) is 18.9 Å². The molecule has 0 aromatic carbocycles. The minimum atomic E-state index is 0.473. The normalized spacial score (nSPS) is 15.2. The number of carbonyl (C=O) groups excluding carboxylic acids is 1. The fourth-order valence-electron chi connectivity index (χ4n) is 2.54. The van der Waals surface area contributed by atoms with Crippen LogP contribution in [0.1, 0.15) is 30.5 Å². The Balaban J connectivity index is 1.61. The molecule has 1 amide bonds. The number of hydrogen-bond donors (Lipinski definition) is 2. The second-order valence-corrected chi connectivity index (χ2v) is 5.46. The highest BCUT2D eigenvalue weighted by Crippen LogP contribution is 2.25. The number of hydrogen-bond acceptors (Lipinski definition) is 3. The Kier molecular flexibility index (Phi) is 3.97. The molecular weight excluding hydrogens is 252 g/mol. The van der Waals surface area contributed by atoms with E-state index in [1.165, 1.54) is 24.8 Å². The number of nitrogens with zero attached hydrogens (tertiary/aromatic N) is 2. The zero-order chi connectivity index (χ0) is 13.8. The van der Waals surface area contributed by atoms with Crippen molar-refractivity contribution in [2.75, 3.05) is 6.54 Å². The number of fused-ring (bicyclic) bond motifs is 1. The van der Waals surface area contributed by atoms with Gasteiger partial charge in [0.1, 0.15) is 5.65 Å². The summed E-state index contributed by atoms with van der Waals surface area (Å²) in [5.41, 5.74) is 3.04. The molecule has 1 saturated carbocycles. The van der Waals surface area contributed by atoms with Gasteiger partial charge in [-0.05, 0) is 36.9 Å². The van der Waals surface area contributed by atoms with E-state index in [4.69, 9.17) is 0 Å². The average Bonchev–Trinajstić information content (AvgIpc) is 2.81. The maximum absolute atomic E-state index is 10.3. The summed E-state index contributed by atoms with van der Waals surface area (Å²) in [7, 11) is 0. The van der Waals surface area contributed by atoms with Crippen molar-refractivity contribution in [3.8, 4) is 0 Å². The summed E-state index contributed by atoms with van der Waals surface area (Å²) in [4.78, 5) is 14.7. The lowest BCUT2D eigenvalue weighted by Crippen LogP contribution is -2.26. The van der Waals surface area contributed by atoms with Crippen LogP contribution in [-0.4, -0.2) is 22.3 Å². The van der Waals surface area contributed by atoms with Crippen LogP contribution in [-0.2, 0) is 17.9 Å². The molecule has 0 bridgehead atoms. The summed E-state index contributed by atoms with van der Waals surface area (Å²) in [5, 5.41) is 6.15. The summed E-state index contributed by atoms with van der Waals surface area (Å²) in [6.45, 7) is 2.49. The van der Waals surface area contributed by atoms with Gasteiger partial charge in [-0.1, -0.05) is 12.5 Å². The second kappa shape index (κ2) is 6.05. The van der Waals surface area contributed by atoms with Gasteiger partial charge < -0.3 is 15.0 Å². The largest absolute Gasteiger partial charge is 0.353 e. The first-order valence-corrected chi connectivity index (χ1v) is 7.19. The van der Waals surface area contributed by atoms with Crippen LogP contribution < -0.4 is 10.6 Å². The molecule has 1 aliphatic rings.